The minimum absolute atomic E-state index is 0.0221. The standard InChI is InChI=1S/C21H32N4O3/c1-3-5-7-17(4-2)25-14-13-24(20(26)21(25)27)12-6-15-28-18-10-8-16(9-11-18)19(22)23/h8-11,17H,3-7,12-15H2,1-2H3,(H3,22,23). The van der Waals surface area contributed by atoms with E-state index in [1.54, 1.807) is 34.1 Å². The normalized spacial score (nSPS) is 15.6. The summed E-state index contributed by atoms with van der Waals surface area (Å²) in [6.07, 6.45) is 4.67. The number of nitrogens with one attached hydrogen (secondary N) is 1. The zero-order valence-corrected chi connectivity index (χ0v) is 16.9. The monoisotopic (exact) mass is 388 g/mol. The second-order valence-electron chi connectivity index (χ2n) is 7.14. The molecular formula is C21H32N4O3. The first kappa shape index (κ1) is 21.7. The summed E-state index contributed by atoms with van der Waals surface area (Å²) in [5, 5.41) is 7.38. The van der Waals surface area contributed by atoms with Gasteiger partial charge in [0, 0.05) is 31.2 Å². The van der Waals surface area contributed by atoms with Crippen molar-refractivity contribution in [3.05, 3.63) is 29.8 Å². The van der Waals surface area contributed by atoms with Gasteiger partial charge in [0.2, 0.25) is 0 Å². The third kappa shape index (κ3) is 5.71. The molecule has 0 aliphatic carbocycles. The summed E-state index contributed by atoms with van der Waals surface area (Å²) >= 11 is 0. The Labute approximate surface area is 167 Å². The molecule has 0 bridgehead atoms. The summed E-state index contributed by atoms with van der Waals surface area (Å²) in [5.74, 6) is -0.0465. The summed E-state index contributed by atoms with van der Waals surface area (Å²) < 4.78 is 5.67. The van der Waals surface area contributed by atoms with Crippen LogP contribution in [0.15, 0.2) is 24.3 Å². The lowest BCUT2D eigenvalue weighted by Gasteiger charge is -2.38. The number of nitrogen functional groups attached to an aromatic ring is 1. The molecule has 1 aliphatic rings. The van der Waals surface area contributed by atoms with E-state index in [0.29, 0.717) is 44.0 Å². The molecule has 7 heteroatoms. The van der Waals surface area contributed by atoms with Crippen molar-refractivity contribution in [1.82, 2.24) is 9.80 Å². The van der Waals surface area contributed by atoms with Gasteiger partial charge in [-0.05, 0) is 43.5 Å². The highest BCUT2D eigenvalue weighted by Gasteiger charge is 2.35. The van der Waals surface area contributed by atoms with Gasteiger partial charge < -0.3 is 20.3 Å². The Hall–Kier alpha value is -2.57. The first-order valence-corrected chi connectivity index (χ1v) is 10.1. The largest absolute Gasteiger partial charge is 0.494 e. The maximum Gasteiger partial charge on any atom is 0.312 e. The minimum Gasteiger partial charge on any atom is -0.494 e. The molecule has 0 saturated carbocycles. The molecule has 1 atom stereocenters. The van der Waals surface area contributed by atoms with Crippen LogP contribution in [-0.2, 0) is 9.59 Å². The molecule has 154 valence electrons. The second-order valence-corrected chi connectivity index (χ2v) is 7.14. The van der Waals surface area contributed by atoms with Crippen molar-refractivity contribution in [2.75, 3.05) is 26.2 Å². The topological polar surface area (TPSA) is 99.7 Å². The van der Waals surface area contributed by atoms with E-state index in [9.17, 15) is 9.59 Å². The first-order chi connectivity index (χ1) is 13.5. The Kier molecular flexibility index (Phi) is 8.29. The minimum atomic E-state index is -0.396. The highest BCUT2D eigenvalue weighted by Crippen LogP contribution is 2.17. The fourth-order valence-electron chi connectivity index (χ4n) is 3.45. The Balaban J connectivity index is 1.77. The predicted molar refractivity (Wildman–Crippen MR) is 109 cm³/mol. The van der Waals surface area contributed by atoms with Crippen LogP contribution in [0.3, 0.4) is 0 Å². The van der Waals surface area contributed by atoms with Crippen LogP contribution < -0.4 is 10.5 Å². The van der Waals surface area contributed by atoms with Crippen molar-refractivity contribution in [3.63, 3.8) is 0 Å². The van der Waals surface area contributed by atoms with Crippen LogP contribution in [-0.4, -0.2) is 59.7 Å². The van der Waals surface area contributed by atoms with Crippen LogP contribution in [0.1, 0.15) is 51.5 Å². The van der Waals surface area contributed by atoms with E-state index < -0.39 is 5.91 Å². The Morgan fingerprint density at radius 3 is 2.46 bits per heavy atom. The van der Waals surface area contributed by atoms with Crippen LogP contribution in [0.4, 0.5) is 0 Å². The summed E-state index contributed by atoms with van der Waals surface area (Å²) in [6.45, 7) is 6.37. The number of amides is 2. The predicted octanol–water partition coefficient (Wildman–Crippen LogP) is 2.38. The summed E-state index contributed by atoms with van der Waals surface area (Å²) in [7, 11) is 0. The first-order valence-electron chi connectivity index (χ1n) is 10.1. The van der Waals surface area contributed by atoms with Gasteiger partial charge in [-0.15, -0.1) is 0 Å². The number of ether oxygens (including phenoxy) is 1. The maximum atomic E-state index is 12.5. The highest BCUT2D eigenvalue weighted by atomic mass is 16.5. The zero-order chi connectivity index (χ0) is 20.5. The zero-order valence-electron chi connectivity index (χ0n) is 16.9. The van der Waals surface area contributed by atoms with E-state index in [1.165, 1.54) is 0 Å². The lowest BCUT2D eigenvalue weighted by atomic mass is 10.0. The number of nitrogens with zero attached hydrogens (tertiary/aromatic N) is 2. The van der Waals surface area contributed by atoms with E-state index in [0.717, 1.165) is 25.7 Å². The maximum absolute atomic E-state index is 12.5. The van der Waals surface area contributed by atoms with Crippen LogP contribution in [0.5, 0.6) is 5.75 Å². The van der Waals surface area contributed by atoms with Crippen molar-refractivity contribution < 1.29 is 14.3 Å². The van der Waals surface area contributed by atoms with Gasteiger partial charge in [-0.1, -0.05) is 26.7 Å². The van der Waals surface area contributed by atoms with E-state index in [4.69, 9.17) is 15.9 Å². The highest BCUT2D eigenvalue weighted by molar-refractivity contribution is 6.35. The number of benzene rings is 1. The van der Waals surface area contributed by atoms with Crippen molar-refractivity contribution in [3.8, 4) is 5.75 Å². The van der Waals surface area contributed by atoms with Gasteiger partial charge in [0.15, 0.2) is 0 Å². The molecule has 1 aromatic rings. The molecule has 1 aromatic carbocycles. The molecular weight excluding hydrogens is 356 g/mol. The van der Waals surface area contributed by atoms with Gasteiger partial charge in [0.25, 0.3) is 0 Å². The van der Waals surface area contributed by atoms with E-state index in [1.807, 2.05) is 0 Å². The summed E-state index contributed by atoms with van der Waals surface area (Å²) in [4.78, 5) is 28.4. The molecule has 28 heavy (non-hydrogen) atoms. The van der Waals surface area contributed by atoms with Crippen LogP contribution in [0, 0.1) is 5.41 Å². The third-order valence-electron chi connectivity index (χ3n) is 5.15. The van der Waals surface area contributed by atoms with Gasteiger partial charge in [-0.3, -0.25) is 15.0 Å². The van der Waals surface area contributed by atoms with Crippen molar-refractivity contribution in [2.24, 2.45) is 5.73 Å². The summed E-state index contributed by atoms with van der Waals surface area (Å²) in [6, 6.07) is 7.18. The molecule has 2 rings (SSSR count). The molecule has 0 spiro atoms. The summed E-state index contributed by atoms with van der Waals surface area (Å²) in [5.41, 5.74) is 6.08. The van der Waals surface area contributed by atoms with Crippen molar-refractivity contribution >= 4 is 17.6 Å². The average Bonchev–Trinajstić information content (AvgIpc) is 2.70. The molecule has 1 aliphatic heterocycles. The number of hydrogen-bond donors (Lipinski definition) is 2. The number of amidine groups is 1. The number of unbranched alkanes of at least 4 members (excludes halogenated alkanes) is 1. The molecule has 3 N–H and O–H groups in total. The number of carbonyl (C=O) groups is 2. The fourth-order valence-corrected chi connectivity index (χ4v) is 3.45. The van der Waals surface area contributed by atoms with E-state index >= 15 is 0 Å². The molecule has 7 nitrogen and oxygen atoms in total. The Morgan fingerprint density at radius 1 is 1.14 bits per heavy atom. The van der Waals surface area contributed by atoms with Crippen LogP contribution in [0.25, 0.3) is 0 Å². The number of rotatable bonds is 11. The van der Waals surface area contributed by atoms with Gasteiger partial charge in [0.1, 0.15) is 11.6 Å². The number of hydrogen-bond acceptors (Lipinski definition) is 4. The number of nitrogens with two attached hydrogens (primary N) is 1. The average molecular weight is 389 g/mol. The van der Waals surface area contributed by atoms with Gasteiger partial charge >= 0.3 is 11.8 Å². The third-order valence-corrected chi connectivity index (χ3v) is 5.15. The van der Waals surface area contributed by atoms with Crippen molar-refractivity contribution in [1.29, 1.82) is 5.41 Å². The molecule has 0 aromatic heterocycles. The number of piperazine rings is 1. The lowest BCUT2D eigenvalue weighted by molar-refractivity contribution is -0.158. The second kappa shape index (κ2) is 10.7. The Bertz CT molecular complexity index is 675. The fraction of sp³-hybridized carbons (Fsp3) is 0.571. The lowest BCUT2D eigenvalue weighted by Crippen LogP contribution is -2.57. The molecule has 1 fully saturated rings. The van der Waals surface area contributed by atoms with Crippen LogP contribution >= 0.6 is 0 Å². The number of carbonyl (C=O) groups excluding carboxylic acids is 2. The Morgan fingerprint density at radius 2 is 1.86 bits per heavy atom. The molecule has 1 unspecified atom stereocenters. The van der Waals surface area contributed by atoms with Gasteiger partial charge in [-0.2, -0.15) is 0 Å². The van der Waals surface area contributed by atoms with Crippen molar-refractivity contribution in [2.45, 2.75) is 52.0 Å². The molecule has 0 radical (unpaired) electrons. The van der Waals surface area contributed by atoms with E-state index in [2.05, 4.69) is 13.8 Å². The van der Waals surface area contributed by atoms with Gasteiger partial charge in [0.05, 0.1) is 6.61 Å². The molecule has 1 saturated heterocycles. The van der Waals surface area contributed by atoms with E-state index in [-0.39, 0.29) is 17.8 Å². The molecule has 2 amide bonds. The quantitative estimate of drug-likeness (QED) is 0.263. The smallest absolute Gasteiger partial charge is 0.312 e. The SMILES string of the molecule is CCCCC(CC)N1CCN(CCCOc2ccc(C(=N)N)cc2)C(=O)C1=O. The molecule has 1 heterocycles. The van der Waals surface area contributed by atoms with Crippen LogP contribution in [0.2, 0.25) is 0 Å². The van der Waals surface area contributed by atoms with Gasteiger partial charge in [-0.25, -0.2) is 0 Å².